The van der Waals surface area contributed by atoms with Crippen molar-refractivity contribution in [3.8, 4) is 5.75 Å². The molecule has 0 aliphatic carbocycles. The summed E-state index contributed by atoms with van der Waals surface area (Å²) in [6.45, 7) is 5.21. The molecular weight excluding hydrogens is 280 g/mol. The summed E-state index contributed by atoms with van der Waals surface area (Å²) in [5.74, 6) is 0.917. The number of methoxy groups -OCH3 is 1. The highest BCUT2D eigenvalue weighted by atomic mass is 32.1. The quantitative estimate of drug-likeness (QED) is 0.809. The van der Waals surface area contributed by atoms with E-state index in [4.69, 9.17) is 4.74 Å². The van der Waals surface area contributed by atoms with E-state index in [0.29, 0.717) is 6.04 Å². The van der Waals surface area contributed by atoms with E-state index in [1.54, 1.807) is 18.4 Å². The lowest BCUT2D eigenvalue weighted by Gasteiger charge is -2.16. The maximum atomic E-state index is 5.20. The van der Waals surface area contributed by atoms with Gasteiger partial charge in [0.05, 0.1) is 12.1 Å². The topological polar surface area (TPSA) is 34.1 Å². The number of nitrogens with one attached hydrogen (secondary N) is 1. The molecule has 1 aromatic carbocycles. The minimum Gasteiger partial charge on any atom is -0.497 e. The van der Waals surface area contributed by atoms with Crippen LogP contribution in [0.25, 0.3) is 0 Å². The lowest BCUT2D eigenvalue weighted by molar-refractivity contribution is 0.414. The third kappa shape index (κ3) is 5.14. The number of ether oxygens (including phenoxy) is 1. The highest BCUT2D eigenvalue weighted by Gasteiger charge is 2.11. The Morgan fingerprint density at radius 3 is 2.62 bits per heavy atom. The third-order valence-corrected chi connectivity index (χ3v) is 4.51. The van der Waals surface area contributed by atoms with Gasteiger partial charge in [-0.25, -0.2) is 4.98 Å². The maximum Gasteiger partial charge on any atom is 0.118 e. The lowest BCUT2D eigenvalue weighted by atomic mass is 10.0. The van der Waals surface area contributed by atoms with Gasteiger partial charge in [-0.1, -0.05) is 19.1 Å². The van der Waals surface area contributed by atoms with Crippen molar-refractivity contribution in [3.63, 3.8) is 0 Å². The molecule has 0 aliphatic rings. The first kappa shape index (κ1) is 16.0. The summed E-state index contributed by atoms with van der Waals surface area (Å²) in [6, 6.07) is 8.84. The predicted octanol–water partition coefficient (Wildman–Crippen LogP) is 3.61. The second-order valence-electron chi connectivity index (χ2n) is 5.23. The Morgan fingerprint density at radius 1 is 1.29 bits per heavy atom. The van der Waals surface area contributed by atoms with Gasteiger partial charge in [0.15, 0.2) is 0 Å². The van der Waals surface area contributed by atoms with Crippen LogP contribution in [0, 0.1) is 6.92 Å². The molecule has 1 heterocycles. The van der Waals surface area contributed by atoms with Gasteiger partial charge in [-0.2, -0.15) is 0 Å². The van der Waals surface area contributed by atoms with Gasteiger partial charge in [-0.05, 0) is 44.0 Å². The van der Waals surface area contributed by atoms with Crippen LogP contribution in [0.1, 0.15) is 29.6 Å². The van der Waals surface area contributed by atoms with Crippen LogP contribution in [-0.4, -0.2) is 24.7 Å². The molecule has 1 N–H and O–H groups in total. The Morgan fingerprint density at radius 2 is 2.05 bits per heavy atom. The van der Waals surface area contributed by atoms with Crippen LogP contribution in [0.15, 0.2) is 29.6 Å². The van der Waals surface area contributed by atoms with E-state index in [1.165, 1.54) is 10.6 Å². The van der Waals surface area contributed by atoms with E-state index in [1.807, 2.05) is 12.1 Å². The van der Waals surface area contributed by atoms with Crippen molar-refractivity contribution >= 4 is 11.3 Å². The molecule has 4 heteroatoms. The lowest BCUT2D eigenvalue weighted by Crippen LogP contribution is -2.31. The number of hydrogen-bond donors (Lipinski definition) is 1. The molecule has 0 radical (unpaired) electrons. The zero-order valence-corrected chi connectivity index (χ0v) is 13.9. The summed E-state index contributed by atoms with van der Waals surface area (Å²) in [6.07, 6.45) is 3.22. The summed E-state index contributed by atoms with van der Waals surface area (Å²) in [7, 11) is 1.70. The second-order valence-corrected chi connectivity index (χ2v) is 6.17. The van der Waals surface area contributed by atoms with Crippen LogP contribution < -0.4 is 10.1 Å². The molecule has 0 saturated carbocycles. The monoisotopic (exact) mass is 304 g/mol. The van der Waals surface area contributed by atoms with Gasteiger partial charge in [0.25, 0.3) is 0 Å². The number of thiazole rings is 1. The van der Waals surface area contributed by atoms with E-state index in [0.717, 1.165) is 37.3 Å². The number of aryl methyl sites for hydroxylation is 2. The number of nitrogens with zero attached hydrogens (tertiary/aromatic N) is 1. The van der Waals surface area contributed by atoms with Gasteiger partial charge in [0, 0.05) is 23.5 Å². The molecule has 0 bridgehead atoms. The molecule has 0 amide bonds. The molecule has 0 fully saturated rings. The molecule has 2 aromatic rings. The average molecular weight is 304 g/mol. The number of benzene rings is 1. The molecule has 0 saturated heterocycles. The van der Waals surface area contributed by atoms with Crippen LogP contribution in [0.5, 0.6) is 5.75 Å². The molecular formula is C17H24N2OS. The van der Waals surface area contributed by atoms with Gasteiger partial charge in [-0.15, -0.1) is 11.3 Å². The van der Waals surface area contributed by atoms with E-state index in [9.17, 15) is 0 Å². The van der Waals surface area contributed by atoms with Crippen molar-refractivity contribution in [2.75, 3.05) is 13.7 Å². The van der Waals surface area contributed by atoms with Crippen LogP contribution in [0.4, 0.5) is 0 Å². The molecule has 1 aromatic heterocycles. The maximum absolute atomic E-state index is 5.20. The second kappa shape index (κ2) is 8.15. The van der Waals surface area contributed by atoms with Crippen LogP contribution in [0.2, 0.25) is 0 Å². The molecule has 3 nitrogen and oxygen atoms in total. The standard InChI is InChI=1S/C17H24N2OS/c1-4-18-15(11-17-19-13(2)12-21-17)8-5-14-6-9-16(20-3)10-7-14/h6-7,9-10,12,15,18H,4-5,8,11H2,1-3H3. The number of hydrogen-bond acceptors (Lipinski definition) is 4. The van der Waals surface area contributed by atoms with E-state index < -0.39 is 0 Å². The van der Waals surface area contributed by atoms with Crippen LogP contribution >= 0.6 is 11.3 Å². The molecule has 114 valence electrons. The Bertz CT molecular complexity index is 536. The van der Waals surface area contributed by atoms with Gasteiger partial charge >= 0.3 is 0 Å². The van der Waals surface area contributed by atoms with Gasteiger partial charge < -0.3 is 10.1 Å². The Kier molecular flexibility index (Phi) is 6.21. The van der Waals surface area contributed by atoms with Crippen molar-refractivity contribution in [1.29, 1.82) is 0 Å². The van der Waals surface area contributed by atoms with E-state index in [2.05, 4.69) is 41.7 Å². The molecule has 1 atom stereocenters. The van der Waals surface area contributed by atoms with Crippen molar-refractivity contribution in [2.45, 2.75) is 39.2 Å². The first-order chi connectivity index (χ1) is 10.2. The molecule has 1 unspecified atom stereocenters. The number of aromatic nitrogens is 1. The molecule has 0 aliphatic heterocycles. The van der Waals surface area contributed by atoms with Crippen molar-refractivity contribution in [2.24, 2.45) is 0 Å². The summed E-state index contributed by atoms with van der Waals surface area (Å²) in [5, 5.41) is 6.93. The fourth-order valence-electron chi connectivity index (χ4n) is 2.41. The van der Waals surface area contributed by atoms with Crippen molar-refractivity contribution in [1.82, 2.24) is 10.3 Å². The molecule has 2 rings (SSSR count). The largest absolute Gasteiger partial charge is 0.497 e. The predicted molar refractivity (Wildman–Crippen MR) is 89.3 cm³/mol. The summed E-state index contributed by atoms with van der Waals surface area (Å²) < 4.78 is 5.20. The van der Waals surface area contributed by atoms with Crippen molar-refractivity contribution < 1.29 is 4.74 Å². The van der Waals surface area contributed by atoms with E-state index >= 15 is 0 Å². The molecule has 0 spiro atoms. The highest BCUT2D eigenvalue weighted by Crippen LogP contribution is 2.16. The smallest absolute Gasteiger partial charge is 0.118 e. The zero-order chi connectivity index (χ0) is 15.1. The molecule has 21 heavy (non-hydrogen) atoms. The van der Waals surface area contributed by atoms with Crippen molar-refractivity contribution in [3.05, 3.63) is 45.9 Å². The Balaban J connectivity index is 1.89. The summed E-state index contributed by atoms with van der Waals surface area (Å²) in [4.78, 5) is 4.57. The normalized spacial score (nSPS) is 12.3. The fraction of sp³-hybridized carbons (Fsp3) is 0.471. The summed E-state index contributed by atoms with van der Waals surface area (Å²) in [5.41, 5.74) is 2.48. The Labute approximate surface area is 131 Å². The minimum atomic E-state index is 0.489. The van der Waals surface area contributed by atoms with Gasteiger partial charge in [0.1, 0.15) is 5.75 Å². The zero-order valence-electron chi connectivity index (χ0n) is 13.1. The fourth-order valence-corrected chi connectivity index (χ4v) is 3.26. The third-order valence-electron chi connectivity index (χ3n) is 3.52. The van der Waals surface area contributed by atoms with Gasteiger partial charge in [-0.3, -0.25) is 0 Å². The Hall–Kier alpha value is -1.39. The first-order valence-corrected chi connectivity index (χ1v) is 8.36. The number of likely N-dealkylation sites (N-methyl/N-ethyl adjacent to an activating group) is 1. The minimum absolute atomic E-state index is 0.489. The van der Waals surface area contributed by atoms with E-state index in [-0.39, 0.29) is 0 Å². The highest BCUT2D eigenvalue weighted by molar-refractivity contribution is 7.09. The number of rotatable bonds is 8. The summed E-state index contributed by atoms with van der Waals surface area (Å²) >= 11 is 1.76. The first-order valence-electron chi connectivity index (χ1n) is 7.48. The van der Waals surface area contributed by atoms with Gasteiger partial charge in [0.2, 0.25) is 0 Å². The average Bonchev–Trinajstić information content (AvgIpc) is 2.91. The van der Waals surface area contributed by atoms with Crippen LogP contribution in [0.3, 0.4) is 0 Å². The van der Waals surface area contributed by atoms with Crippen LogP contribution in [-0.2, 0) is 12.8 Å². The SMILES string of the molecule is CCNC(CCc1ccc(OC)cc1)Cc1nc(C)cs1.